The summed E-state index contributed by atoms with van der Waals surface area (Å²) in [5.74, 6) is 0.673. The first-order chi connectivity index (χ1) is 10.8. The zero-order valence-electron chi connectivity index (χ0n) is 12.0. The molecule has 108 valence electrons. The van der Waals surface area contributed by atoms with Crippen molar-refractivity contribution < 1.29 is 9.32 Å². The molecule has 2 aromatic carbocycles. The molecule has 1 heterocycles. The summed E-state index contributed by atoms with van der Waals surface area (Å²) in [5, 5.41) is 3.96. The summed E-state index contributed by atoms with van der Waals surface area (Å²) in [6.45, 7) is 0. The Morgan fingerprint density at radius 3 is 2.41 bits per heavy atom. The van der Waals surface area contributed by atoms with E-state index in [2.05, 4.69) is 5.16 Å². The molecule has 3 rings (SSSR count). The summed E-state index contributed by atoms with van der Waals surface area (Å²) >= 11 is 0. The summed E-state index contributed by atoms with van der Waals surface area (Å²) in [4.78, 5) is 12.0. The van der Waals surface area contributed by atoms with Crippen LogP contribution in [0.4, 0.5) is 0 Å². The molecule has 0 fully saturated rings. The Bertz CT molecular complexity index is 773. The lowest BCUT2D eigenvalue weighted by atomic mass is 10.1. The fourth-order valence-corrected chi connectivity index (χ4v) is 2.12. The Balaban J connectivity index is 1.65. The summed E-state index contributed by atoms with van der Waals surface area (Å²) in [6.07, 6.45) is 3.62. The molecule has 0 radical (unpaired) electrons. The lowest BCUT2D eigenvalue weighted by molar-refractivity contribution is -0.114. The van der Waals surface area contributed by atoms with E-state index in [9.17, 15) is 4.79 Å². The number of carbonyl (C=O) groups excluding carboxylic acids is 1. The van der Waals surface area contributed by atoms with Crippen LogP contribution in [0.5, 0.6) is 0 Å². The fourth-order valence-electron chi connectivity index (χ4n) is 2.12. The second-order valence-corrected chi connectivity index (χ2v) is 4.94. The lowest BCUT2D eigenvalue weighted by Gasteiger charge is -1.92. The van der Waals surface area contributed by atoms with Gasteiger partial charge < -0.3 is 4.52 Å². The van der Waals surface area contributed by atoms with Crippen LogP contribution in [-0.4, -0.2) is 10.9 Å². The fraction of sp³-hybridized carbons (Fsp3) is 0.0526. The van der Waals surface area contributed by atoms with Gasteiger partial charge in [-0.1, -0.05) is 71.9 Å². The molecule has 0 spiro atoms. The van der Waals surface area contributed by atoms with Crippen LogP contribution in [0.25, 0.3) is 17.4 Å². The van der Waals surface area contributed by atoms with Gasteiger partial charge in [0.15, 0.2) is 11.5 Å². The van der Waals surface area contributed by atoms with Gasteiger partial charge in [-0.15, -0.1) is 0 Å². The molecule has 0 saturated heterocycles. The molecule has 22 heavy (non-hydrogen) atoms. The smallest absolute Gasteiger partial charge is 0.167 e. The molecule has 0 unspecified atom stereocenters. The molecule has 3 aromatic rings. The molecule has 1 aromatic heterocycles. The topological polar surface area (TPSA) is 43.1 Å². The molecule has 3 nitrogen and oxygen atoms in total. The maximum absolute atomic E-state index is 12.0. The van der Waals surface area contributed by atoms with Crippen molar-refractivity contribution in [1.82, 2.24) is 5.16 Å². The van der Waals surface area contributed by atoms with Crippen molar-refractivity contribution in [1.29, 1.82) is 0 Å². The first kappa shape index (κ1) is 14.0. The number of allylic oxidation sites excluding steroid dienone is 1. The number of ketones is 1. The quantitative estimate of drug-likeness (QED) is 0.662. The van der Waals surface area contributed by atoms with Crippen LogP contribution in [0, 0.1) is 0 Å². The standard InChI is InChI=1S/C19H15NO2/c21-18(12-11-15-7-3-1-4-8-15)13-17-14-19(22-20-17)16-9-5-2-6-10-16/h1-12,14H,13H2/b12-11+. The van der Waals surface area contributed by atoms with Crippen LogP contribution in [0.2, 0.25) is 0 Å². The highest BCUT2D eigenvalue weighted by molar-refractivity contribution is 5.94. The zero-order valence-corrected chi connectivity index (χ0v) is 12.0. The summed E-state index contributed by atoms with van der Waals surface area (Å²) in [6, 6.07) is 21.2. The molecule has 0 aliphatic heterocycles. The van der Waals surface area contributed by atoms with Crippen LogP contribution in [0.1, 0.15) is 11.3 Å². The summed E-state index contributed by atoms with van der Waals surface area (Å²) < 4.78 is 5.29. The van der Waals surface area contributed by atoms with E-state index in [0.717, 1.165) is 11.1 Å². The van der Waals surface area contributed by atoms with Crippen molar-refractivity contribution in [2.75, 3.05) is 0 Å². The predicted molar refractivity (Wildman–Crippen MR) is 86.1 cm³/mol. The Kier molecular flexibility index (Phi) is 4.25. The van der Waals surface area contributed by atoms with Gasteiger partial charge in [-0.25, -0.2) is 0 Å². The molecule has 0 atom stereocenters. The molecule has 0 aliphatic rings. The minimum Gasteiger partial charge on any atom is -0.356 e. The van der Waals surface area contributed by atoms with Crippen LogP contribution < -0.4 is 0 Å². The molecule has 3 heteroatoms. The molecular formula is C19H15NO2. The van der Waals surface area contributed by atoms with Gasteiger partial charge in [-0.3, -0.25) is 4.79 Å². The molecule has 0 amide bonds. The molecule has 0 N–H and O–H groups in total. The second-order valence-electron chi connectivity index (χ2n) is 4.94. The van der Waals surface area contributed by atoms with Gasteiger partial charge in [0.25, 0.3) is 0 Å². The van der Waals surface area contributed by atoms with Crippen molar-refractivity contribution in [3.05, 3.63) is 84.1 Å². The van der Waals surface area contributed by atoms with Gasteiger partial charge in [-0.05, 0) is 11.6 Å². The molecule has 0 bridgehead atoms. The van der Waals surface area contributed by atoms with E-state index < -0.39 is 0 Å². The highest BCUT2D eigenvalue weighted by Gasteiger charge is 2.08. The third-order valence-corrected chi connectivity index (χ3v) is 3.23. The minimum atomic E-state index is -0.00300. The average Bonchev–Trinajstić information content (AvgIpc) is 3.03. The van der Waals surface area contributed by atoms with Crippen molar-refractivity contribution in [3.63, 3.8) is 0 Å². The number of nitrogens with zero attached hydrogens (tertiary/aromatic N) is 1. The highest BCUT2D eigenvalue weighted by Crippen LogP contribution is 2.20. The van der Waals surface area contributed by atoms with Crippen molar-refractivity contribution >= 4 is 11.9 Å². The van der Waals surface area contributed by atoms with Crippen molar-refractivity contribution in [2.24, 2.45) is 0 Å². The van der Waals surface area contributed by atoms with Crippen molar-refractivity contribution in [2.45, 2.75) is 6.42 Å². The number of hydrogen-bond donors (Lipinski definition) is 0. The van der Waals surface area contributed by atoms with E-state index >= 15 is 0 Å². The lowest BCUT2D eigenvalue weighted by Crippen LogP contribution is -1.98. The SMILES string of the molecule is O=C(/C=C/c1ccccc1)Cc1cc(-c2ccccc2)on1. The average molecular weight is 289 g/mol. The molecule has 0 saturated carbocycles. The van der Waals surface area contributed by atoms with Gasteiger partial charge in [-0.2, -0.15) is 0 Å². The van der Waals surface area contributed by atoms with E-state index in [1.807, 2.05) is 66.7 Å². The van der Waals surface area contributed by atoms with E-state index in [1.54, 1.807) is 12.2 Å². The molecular weight excluding hydrogens is 274 g/mol. The van der Waals surface area contributed by atoms with E-state index in [4.69, 9.17) is 4.52 Å². The number of rotatable bonds is 5. The summed E-state index contributed by atoms with van der Waals surface area (Å²) in [5.41, 5.74) is 2.59. The maximum Gasteiger partial charge on any atom is 0.167 e. The minimum absolute atomic E-state index is 0.00300. The van der Waals surface area contributed by atoms with E-state index in [0.29, 0.717) is 11.5 Å². The monoisotopic (exact) mass is 289 g/mol. The number of aromatic nitrogens is 1. The van der Waals surface area contributed by atoms with Gasteiger partial charge in [0.1, 0.15) is 0 Å². The van der Waals surface area contributed by atoms with Gasteiger partial charge in [0.2, 0.25) is 0 Å². The maximum atomic E-state index is 12.0. The highest BCUT2D eigenvalue weighted by atomic mass is 16.5. The predicted octanol–water partition coefficient (Wildman–Crippen LogP) is 4.17. The largest absolute Gasteiger partial charge is 0.356 e. The Labute approximate surface area is 128 Å². The number of benzene rings is 2. The first-order valence-corrected chi connectivity index (χ1v) is 7.08. The van der Waals surface area contributed by atoms with E-state index in [-0.39, 0.29) is 12.2 Å². The van der Waals surface area contributed by atoms with Gasteiger partial charge >= 0.3 is 0 Å². The summed E-state index contributed by atoms with van der Waals surface area (Å²) in [7, 11) is 0. The third kappa shape index (κ3) is 3.58. The normalized spacial score (nSPS) is 10.9. The van der Waals surface area contributed by atoms with Crippen LogP contribution in [-0.2, 0) is 11.2 Å². The number of hydrogen-bond acceptors (Lipinski definition) is 3. The van der Waals surface area contributed by atoms with E-state index in [1.165, 1.54) is 0 Å². The third-order valence-electron chi connectivity index (χ3n) is 3.23. The molecule has 0 aliphatic carbocycles. The Morgan fingerprint density at radius 2 is 1.68 bits per heavy atom. The van der Waals surface area contributed by atoms with Gasteiger partial charge in [0.05, 0.1) is 12.1 Å². The Hall–Kier alpha value is -2.94. The van der Waals surface area contributed by atoms with Crippen molar-refractivity contribution in [3.8, 4) is 11.3 Å². The van der Waals surface area contributed by atoms with Crippen LogP contribution >= 0.6 is 0 Å². The van der Waals surface area contributed by atoms with Crippen LogP contribution in [0.3, 0.4) is 0 Å². The first-order valence-electron chi connectivity index (χ1n) is 7.08. The second kappa shape index (κ2) is 6.68. The Morgan fingerprint density at radius 1 is 1.00 bits per heavy atom. The van der Waals surface area contributed by atoms with Gasteiger partial charge in [0, 0.05) is 11.6 Å². The zero-order chi connectivity index (χ0) is 15.2. The van der Waals surface area contributed by atoms with Crippen LogP contribution in [0.15, 0.2) is 77.3 Å². The number of carbonyl (C=O) groups is 1.